The van der Waals surface area contributed by atoms with E-state index in [1.807, 2.05) is 0 Å². The van der Waals surface area contributed by atoms with Gasteiger partial charge in [0.1, 0.15) is 0 Å². The number of hydrogen-bond acceptors (Lipinski definition) is 3. The van der Waals surface area contributed by atoms with Crippen molar-refractivity contribution in [1.29, 1.82) is 0 Å². The van der Waals surface area contributed by atoms with Crippen LogP contribution in [-0.4, -0.2) is 22.9 Å². The summed E-state index contributed by atoms with van der Waals surface area (Å²) >= 11 is 0. The lowest BCUT2D eigenvalue weighted by Crippen LogP contribution is -2.18. The molecule has 2 rings (SSSR count). The predicted molar refractivity (Wildman–Crippen MR) is 138 cm³/mol. The van der Waals surface area contributed by atoms with Gasteiger partial charge in [-0.2, -0.15) is 0 Å². The summed E-state index contributed by atoms with van der Waals surface area (Å²) in [5.41, 5.74) is 1.46. The van der Waals surface area contributed by atoms with Gasteiger partial charge in [0.2, 0.25) is 5.91 Å². The largest absolute Gasteiger partial charge is 0.478 e. The van der Waals surface area contributed by atoms with Gasteiger partial charge in [0.15, 0.2) is 0 Å². The van der Waals surface area contributed by atoms with E-state index < -0.39 is 5.97 Å². The van der Waals surface area contributed by atoms with Crippen LogP contribution in [0, 0.1) is 0 Å². The van der Waals surface area contributed by atoms with Gasteiger partial charge in [-0.3, -0.25) is 9.59 Å². The van der Waals surface area contributed by atoms with Gasteiger partial charge in [0.25, 0.3) is 5.91 Å². The third-order valence-corrected chi connectivity index (χ3v) is 5.84. The topological polar surface area (TPSA) is 95.5 Å². The molecule has 3 N–H and O–H groups in total. The third kappa shape index (κ3) is 10.2. The Kier molecular flexibility index (Phi) is 12.5. The summed E-state index contributed by atoms with van der Waals surface area (Å²) in [6.45, 7) is 2.24. The number of aromatic carboxylic acids is 1. The van der Waals surface area contributed by atoms with E-state index >= 15 is 0 Å². The number of anilines is 2. The molecular formula is C28H38N2O4. The standard InChI is InChI=1S/C28H38N2O4/c1-2-3-4-5-6-7-8-9-10-11-12-17-26(31)30-25-16-14-13-15-24(25)27(32)29-23-20-18-22(19-21-23)28(33)34/h13-16,18-21H,2-12,17H2,1H3,(H,29,32)(H,30,31)(H,33,34). The number of para-hydroxylation sites is 1. The average Bonchev–Trinajstić information content (AvgIpc) is 2.83. The van der Waals surface area contributed by atoms with Crippen molar-refractivity contribution in [1.82, 2.24) is 0 Å². The molecule has 2 amide bonds. The minimum Gasteiger partial charge on any atom is -0.478 e. The molecule has 6 heteroatoms. The fraction of sp³-hybridized carbons (Fsp3) is 0.464. The van der Waals surface area contributed by atoms with E-state index in [1.54, 1.807) is 24.3 Å². The summed E-state index contributed by atoms with van der Waals surface area (Å²) in [6, 6.07) is 12.8. The molecule has 0 saturated heterocycles. The van der Waals surface area contributed by atoms with Crippen LogP contribution in [0.2, 0.25) is 0 Å². The number of carboxylic acid groups (broad SMARTS) is 1. The lowest BCUT2D eigenvalue weighted by atomic mass is 10.1. The normalized spacial score (nSPS) is 10.6. The first-order valence-corrected chi connectivity index (χ1v) is 12.5. The zero-order valence-corrected chi connectivity index (χ0v) is 20.3. The van der Waals surface area contributed by atoms with E-state index in [9.17, 15) is 14.4 Å². The Hall–Kier alpha value is -3.15. The number of rotatable bonds is 16. The third-order valence-electron chi connectivity index (χ3n) is 5.84. The van der Waals surface area contributed by atoms with Crippen molar-refractivity contribution in [3.63, 3.8) is 0 Å². The van der Waals surface area contributed by atoms with Crippen molar-refractivity contribution < 1.29 is 19.5 Å². The molecule has 34 heavy (non-hydrogen) atoms. The number of carbonyl (C=O) groups excluding carboxylic acids is 2. The van der Waals surface area contributed by atoms with Crippen LogP contribution in [0.4, 0.5) is 11.4 Å². The Morgan fingerprint density at radius 3 is 1.85 bits per heavy atom. The predicted octanol–water partition coefficient (Wildman–Crippen LogP) is 7.28. The molecule has 0 atom stereocenters. The van der Waals surface area contributed by atoms with Crippen LogP contribution in [0.1, 0.15) is 105 Å². The Labute approximate surface area is 203 Å². The van der Waals surface area contributed by atoms with E-state index in [4.69, 9.17) is 5.11 Å². The molecule has 0 aliphatic rings. The second-order valence-electron chi connectivity index (χ2n) is 8.72. The Morgan fingerprint density at radius 1 is 0.706 bits per heavy atom. The number of nitrogens with one attached hydrogen (secondary N) is 2. The number of benzene rings is 2. The van der Waals surface area contributed by atoms with Gasteiger partial charge in [0.05, 0.1) is 16.8 Å². The van der Waals surface area contributed by atoms with Crippen molar-refractivity contribution in [2.24, 2.45) is 0 Å². The lowest BCUT2D eigenvalue weighted by Gasteiger charge is -2.12. The highest BCUT2D eigenvalue weighted by molar-refractivity contribution is 6.10. The van der Waals surface area contributed by atoms with Crippen LogP contribution in [0.15, 0.2) is 48.5 Å². The molecule has 2 aromatic carbocycles. The van der Waals surface area contributed by atoms with Crippen LogP contribution in [-0.2, 0) is 4.79 Å². The van der Waals surface area contributed by atoms with Crippen molar-refractivity contribution in [2.45, 2.75) is 84.0 Å². The second-order valence-corrected chi connectivity index (χ2v) is 8.72. The Balaban J connectivity index is 1.71. The van der Waals surface area contributed by atoms with Crippen LogP contribution < -0.4 is 10.6 Å². The van der Waals surface area contributed by atoms with Gasteiger partial charge >= 0.3 is 5.97 Å². The summed E-state index contributed by atoms with van der Waals surface area (Å²) in [7, 11) is 0. The summed E-state index contributed by atoms with van der Waals surface area (Å²) < 4.78 is 0. The molecule has 0 aliphatic carbocycles. The molecule has 0 bridgehead atoms. The van der Waals surface area contributed by atoms with Crippen molar-refractivity contribution in [2.75, 3.05) is 10.6 Å². The molecule has 0 radical (unpaired) electrons. The van der Waals surface area contributed by atoms with E-state index in [-0.39, 0.29) is 17.4 Å². The molecule has 6 nitrogen and oxygen atoms in total. The summed E-state index contributed by atoms with van der Waals surface area (Å²) in [6.07, 6.45) is 14.0. The minimum absolute atomic E-state index is 0.0954. The number of unbranched alkanes of at least 4 members (excludes halogenated alkanes) is 10. The van der Waals surface area contributed by atoms with Crippen molar-refractivity contribution >= 4 is 29.2 Å². The molecule has 0 aromatic heterocycles. The van der Waals surface area contributed by atoms with Crippen LogP contribution in [0.5, 0.6) is 0 Å². The molecule has 0 fully saturated rings. The average molecular weight is 467 g/mol. The molecule has 2 aromatic rings. The van der Waals surface area contributed by atoms with E-state index in [0.29, 0.717) is 23.4 Å². The summed E-state index contributed by atoms with van der Waals surface area (Å²) in [5, 5.41) is 14.6. The van der Waals surface area contributed by atoms with Gasteiger partial charge in [-0.05, 0) is 42.8 Å². The molecule has 0 spiro atoms. The van der Waals surface area contributed by atoms with Crippen molar-refractivity contribution in [3.05, 3.63) is 59.7 Å². The monoisotopic (exact) mass is 466 g/mol. The highest BCUT2D eigenvalue weighted by Crippen LogP contribution is 2.19. The lowest BCUT2D eigenvalue weighted by molar-refractivity contribution is -0.116. The van der Waals surface area contributed by atoms with Gasteiger partial charge in [-0.15, -0.1) is 0 Å². The number of hydrogen-bond donors (Lipinski definition) is 3. The highest BCUT2D eigenvalue weighted by Gasteiger charge is 2.13. The quantitative estimate of drug-likeness (QED) is 0.227. The number of carbonyl (C=O) groups is 3. The molecule has 184 valence electrons. The van der Waals surface area contributed by atoms with Crippen molar-refractivity contribution in [3.8, 4) is 0 Å². The first-order chi connectivity index (χ1) is 16.5. The summed E-state index contributed by atoms with van der Waals surface area (Å²) in [5.74, 6) is -1.49. The Morgan fingerprint density at radius 2 is 1.26 bits per heavy atom. The molecule has 0 heterocycles. The SMILES string of the molecule is CCCCCCCCCCCCCC(=O)Nc1ccccc1C(=O)Nc1ccc(C(=O)O)cc1. The van der Waals surface area contributed by atoms with Gasteiger partial charge in [-0.1, -0.05) is 83.3 Å². The van der Waals surface area contributed by atoms with Crippen LogP contribution in [0.25, 0.3) is 0 Å². The van der Waals surface area contributed by atoms with E-state index in [0.717, 1.165) is 19.3 Å². The van der Waals surface area contributed by atoms with Gasteiger partial charge in [0, 0.05) is 12.1 Å². The fourth-order valence-electron chi connectivity index (χ4n) is 3.85. The maximum atomic E-state index is 12.7. The molecule has 0 aliphatic heterocycles. The molecular weight excluding hydrogens is 428 g/mol. The number of amides is 2. The zero-order valence-electron chi connectivity index (χ0n) is 20.3. The smallest absolute Gasteiger partial charge is 0.335 e. The maximum Gasteiger partial charge on any atom is 0.335 e. The minimum atomic E-state index is -1.02. The van der Waals surface area contributed by atoms with E-state index in [1.165, 1.54) is 75.6 Å². The highest BCUT2D eigenvalue weighted by atomic mass is 16.4. The van der Waals surface area contributed by atoms with Crippen LogP contribution in [0.3, 0.4) is 0 Å². The summed E-state index contributed by atoms with van der Waals surface area (Å²) in [4.78, 5) is 36.1. The number of carboxylic acids is 1. The zero-order chi connectivity index (χ0) is 24.6. The maximum absolute atomic E-state index is 12.7. The van der Waals surface area contributed by atoms with Gasteiger partial charge < -0.3 is 15.7 Å². The first-order valence-electron chi connectivity index (χ1n) is 12.5. The van der Waals surface area contributed by atoms with Gasteiger partial charge in [-0.25, -0.2) is 4.79 Å². The Bertz CT molecular complexity index is 909. The first kappa shape index (κ1) is 27.1. The molecule has 0 saturated carbocycles. The fourth-order valence-corrected chi connectivity index (χ4v) is 3.85. The van der Waals surface area contributed by atoms with Crippen LogP contribution >= 0.6 is 0 Å². The second kappa shape index (κ2) is 15.6. The van der Waals surface area contributed by atoms with E-state index in [2.05, 4.69) is 17.6 Å². The molecule has 0 unspecified atom stereocenters.